The van der Waals surface area contributed by atoms with Crippen LogP contribution in [0.25, 0.3) is 0 Å². The van der Waals surface area contributed by atoms with Crippen molar-refractivity contribution in [1.29, 1.82) is 0 Å². The Morgan fingerprint density at radius 1 is 1.50 bits per heavy atom. The van der Waals surface area contributed by atoms with E-state index in [0.717, 1.165) is 19.5 Å². The maximum atomic E-state index is 5.84. The van der Waals surface area contributed by atoms with Crippen molar-refractivity contribution in [2.24, 2.45) is 0 Å². The summed E-state index contributed by atoms with van der Waals surface area (Å²) >= 11 is 5.84. The number of halogens is 1. The van der Waals surface area contributed by atoms with Gasteiger partial charge in [-0.2, -0.15) is 0 Å². The molecule has 0 spiro atoms. The Labute approximate surface area is 87.7 Å². The number of nitrogens with one attached hydrogen (secondary N) is 1. The van der Waals surface area contributed by atoms with E-state index in [1.165, 1.54) is 0 Å². The van der Waals surface area contributed by atoms with Crippen LogP contribution in [0.5, 0.6) is 0 Å². The Kier molecular flexibility index (Phi) is 3.29. The van der Waals surface area contributed by atoms with E-state index in [0.29, 0.717) is 17.5 Å². The highest BCUT2D eigenvalue weighted by atomic mass is 35.5. The molecule has 1 aliphatic rings. The fourth-order valence-corrected chi connectivity index (χ4v) is 1.57. The number of ether oxygens (including phenoxy) is 1. The fourth-order valence-electron chi connectivity index (χ4n) is 1.41. The smallest absolute Gasteiger partial charge is 0.152 e. The average molecular weight is 214 g/mol. The second kappa shape index (κ2) is 4.68. The molecule has 0 aromatic carbocycles. The maximum absolute atomic E-state index is 5.84. The lowest BCUT2D eigenvalue weighted by atomic mass is 10.3. The quantitative estimate of drug-likeness (QED) is 0.814. The summed E-state index contributed by atoms with van der Waals surface area (Å²) in [6.07, 6.45) is 4.53. The number of hydrogen-bond donors (Lipinski definition) is 1. The third-order valence-electron chi connectivity index (χ3n) is 2.19. The van der Waals surface area contributed by atoms with Gasteiger partial charge in [-0.3, -0.25) is 4.98 Å². The molecule has 0 saturated carbocycles. The molecule has 1 fully saturated rings. The molecule has 1 aliphatic heterocycles. The van der Waals surface area contributed by atoms with Crippen LogP contribution in [0.1, 0.15) is 12.1 Å². The summed E-state index contributed by atoms with van der Waals surface area (Å²) in [5.41, 5.74) is 0.709. The summed E-state index contributed by atoms with van der Waals surface area (Å²) < 4.78 is 5.62. The summed E-state index contributed by atoms with van der Waals surface area (Å²) in [5, 5.41) is 3.66. The van der Waals surface area contributed by atoms with E-state index in [4.69, 9.17) is 16.3 Å². The van der Waals surface area contributed by atoms with Crippen LogP contribution in [0.15, 0.2) is 12.4 Å². The van der Waals surface area contributed by atoms with Gasteiger partial charge in [0.25, 0.3) is 0 Å². The molecule has 5 heteroatoms. The molecule has 0 aliphatic carbocycles. The van der Waals surface area contributed by atoms with E-state index in [9.17, 15) is 0 Å². The van der Waals surface area contributed by atoms with Gasteiger partial charge in [0.1, 0.15) is 5.69 Å². The van der Waals surface area contributed by atoms with E-state index in [1.807, 2.05) is 0 Å². The highest BCUT2D eigenvalue weighted by Gasteiger charge is 2.15. The van der Waals surface area contributed by atoms with Crippen molar-refractivity contribution < 1.29 is 4.74 Å². The van der Waals surface area contributed by atoms with Gasteiger partial charge >= 0.3 is 0 Å². The SMILES string of the molecule is Clc1nccnc1CO[C@@H]1CCNC1. The van der Waals surface area contributed by atoms with Gasteiger partial charge < -0.3 is 10.1 Å². The number of nitrogens with zero attached hydrogens (tertiary/aromatic N) is 2. The Hall–Kier alpha value is -0.710. The molecule has 2 heterocycles. The first kappa shape index (κ1) is 9.83. The lowest BCUT2D eigenvalue weighted by molar-refractivity contribution is 0.0521. The van der Waals surface area contributed by atoms with Crippen LogP contribution in [0.4, 0.5) is 0 Å². The van der Waals surface area contributed by atoms with Crippen LogP contribution in [-0.2, 0) is 11.3 Å². The molecule has 14 heavy (non-hydrogen) atoms. The molecule has 0 bridgehead atoms. The van der Waals surface area contributed by atoms with E-state index >= 15 is 0 Å². The zero-order valence-electron chi connectivity index (χ0n) is 7.74. The molecular weight excluding hydrogens is 202 g/mol. The van der Waals surface area contributed by atoms with Gasteiger partial charge in [-0.1, -0.05) is 11.6 Å². The summed E-state index contributed by atoms with van der Waals surface area (Å²) in [7, 11) is 0. The highest BCUT2D eigenvalue weighted by Crippen LogP contribution is 2.12. The molecule has 4 nitrogen and oxygen atoms in total. The van der Waals surface area contributed by atoms with E-state index in [-0.39, 0.29) is 6.10 Å². The normalized spacial score (nSPS) is 21.4. The summed E-state index contributed by atoms with van der Waals surface area (Å²) in [4.78, 5) is 8.03. The molecule has 1 N–H and O–H groups in total. The molecule has 1 atom stereocenters. The minimum absolute atomic E-state index is 0.285. The number of aromatic nitrogens is 2. The predicted octanol–water partition coefficient (Wildman–Crippen LogP) is 1.01. The fraction of sp³-hybridized carbons (Fsp3) is 0.556. The first-order chi connectivity index (χ1) is 6.86. The zero-order valence-corrected chi connectivity index (χ0v) is 8.50. The molecule has 0 unspecified atom stereocenters. The van der Waals surface area contributed by atoms with E-state index in [2.05, 4.69) is 15.3 Å². The Morgan fingerprint density at radius 3 is 3.07 bits per heavy atom. The topological polar surface area (TPSA) is 47.0 Å². The van der Waals surface area contributed by atoms with Gasteiger partial charge in [0.05, 0.1) is 12.7 Å². The van der Waals surface area contributed by atoms with Crippen molar-refractivity contribution in [2.75, 3.05) is 13.1 Å². The molecular formula is C9H12ClN3O. The molecule has 0 radical (unpaired) electrons. The Morgan fingerprint density at radius 2 is 2.36 bits per heavy atom. The summed E-state index contributed by atoms with van der Waals surface area (Å²) in [6, 6.07) is 0. The molecule has 1 aromatic rings. The molecule has 2 rings (SSSR count). The molecule has 1 aromatic heterocycles. The van der Waals surface area contributed by atoms with Crippen LogP contribution < -0.4 is 5.32 Å². The molecule has 0 amide bonds. The van der Waals surface area contributed by atoms with E-state index < -0.39 is 0 Å². The Balaban J connectivity index is 1.88. The largest absolute Gasteiger partial charge is 0.370 e. The van der Waals surface area contributed by atoms with Crippen molar-refractivity contribution in [3.63, 3.8) is 0 Å². The van der Waals surface area contributed by atoms with Crippen LogP contribution >= 0.6 is 11.6 Å². The second-order valence-corrected chi connectivity index (χ2v) is 3.58. The summed E-state index contributed by atoms with van der Waals surface area (Å²) in [5.74, 6) is 0. The van der Waals surface area contributed by atoms with Crippen LogP contribution in [0.3, 0.4) is 0 Å². The van der Waals surface area contributed by atoms with Crippen molar-refractivity contribution in [3.8, 4) is 0 Å². The molecule has 1 saturated heterocycles. The lowest BCUT2D eigenvalue weighted by Crippen LogP contribution is -2.17. The Bertz CT molecular complexity index is 302. The van der Waals surface area contributed by atoms with Crippen LogP contribution in [-0.4, -0.2) is 29.2 Å². The van der Waals surface area contributed by atoms with Gasteiger partial charge in [0.15, 0.2) is 5.15 Å². The minimum Gasteiger partial charge on any atom is -0.370 e. The van der Waals surface area contributed by atoms with Crippen molar-refractivity contribution in [1.82, 2.24) is 15.3 Å². The molecule has 76 valence electrons. The van der Waals surface area contributed by atoms with Crippen LogP contribution in [0.2, 0.25) is 5.15 Å². The maximum Gasteiger partial charge on any atom is 0.152 e. The minimum atomic E-state index is 0.285. The summed E-state index contributed by atoms with van der Waals surface area (Å²) in [6.45, 7) is 2.38. The monoisotopic (exact) mass is 213 g/mol. The van der Waals surface area contributed by atoms with Crippen LogP contribution in [0, 0.1) is 0 Å². The van der Waals surface area contributed by atoms with Crippen molar-refractivity contribution >= 4 is 11.6 Å². The van der Waals surface area contributed by atoms with Gasteiger partial charge in [0.2, 0.25) is 0 Å². The average Bonchev–Trinajstić information content (AvgIpc) is 2.69. The standard InChI is InChI=1S/C9H12ClN3O/c10-9-8(12-3-4-13-9)6-14-7-1-2-11-5-7/h3-4,7,11H,1-2,5-6H2/t7-/m1/s1. The van der Waals surface area contributed by atoms with Gasteiger partial charge in [0, 0.05) is 18.9 Å². The number of rotatable bonds is 3. The van der Waals surface area contributed by atoms with Gasteiger partial charge in [-0.25, -0.2) is 4.98 Å². The first-order valence-corrected chi connectivity index (χ1v) is 5.02. The van der Waals surface area contributed by atoms with E-state index in [1.54, 1.807) is 12.4 Å². The van der Waals surface area contributed by atoms with Gasteiger partial charge in [-0.15, -0.1) is 0 Å². The zero-order chi connectivity index (χ0) is 9.80. The predicted molar refractivity (Wildman–Crippen MR) is 53.1 cm³/mol. The third kappa shape index (κ3) is 2.41. The van der Waals surface area contributed by atoms with Crippen molar-refractivity contribution in [3.05, 3.63) is 23.2 Å². The van der Waals surface area contributed by atoms with Gasteiger partial charge in [-0.05, 0) is 13.0 Å². The lowest BCUT2D eigenvalue weighted by Gasteiger charge is -2.09. The van der Waals surface area contributed by atoms with Crippen molar-refractivity contribution in [2.45, 2.75) is 19.1 Å². The number of hydrogen-bond acceptors (Lipinski definition) is 4. The first-order valence-electron chi connectivity index (χ1n) is 4.64. The second-order valence-electron chi connectivity index (χ2n) is 3.22. The third-order valence-corrected chi connectivity index (χ3v) is 2.51. The highest BCUT2D eigenvalue weighted by molar-refractivity contribution is 6.29.